The lowest BCUT2D eigenvalue weighted by molar-refractivity contribution is 0.306. The highest BCUT2D eigenvalue weighted by atomic mass is 32.2. The molecule has 20 heavy (non-hydrogen) atoms. The quantitative estimate of drug-likeness (QED) is 0.923. The third-order valence-corrected chi connectivity index (χ3v) is 5.96. The second-order valence-electron chi connectivity index (χ2n) is 4.41. The number of aliphatic hydroxyl groups excluding tert-OH is 1. The lowest BCUT2D eigenvalue weighted by Gasteiger charge is -2.23. The van der Waals surface area contributed by atoms with Crippen molar-refractivity contribution in [2.75, 3.05) is 17.5 Å². The minimum absolute atomic E-state index is 0.0423. The van der Waals surface area contributed by atoms with Crippen LogP contribution < -0.4 is 4.31 Å². The van der Waals surface area contributed by atoms with Gasteiger partial charge in [0, 0.05) is 9.75 Å². The predicted molar refractivity (Wildman–Crippen MR) is 81.9 cm³/mol. The van der Waals surface area contributed by atoms with E-state index in [-0.39, 0.29) is 13.2 Å². The summed E-state index contributed by atoms with van der Waals surface area (Å²) in [5, 5.41) is 9.18. The van der Waals surface area contributed by atoms with Crippen molar-refractivity contribution in [1.29, 1.82) is 0 Å². The van der Waals surface area contributed by atoms with Crippen LogP contribution in [-0.4, -0.2) is 26.7 Å². The number of benzene rings is 1. The Morgan fingerprint density at radius 1 is 1.20 bits per heavy atom. The van der Waals surface area contributed by atoms with E-state index in [2.05, 4.69) is 0 Å². The number of para-hydroxylation sites is 1. The van der Waals surface area contributed by atoms with Gasteiger partial charge in [0.05, 0.1) is 18.8 Å². The molecule has 0 aliphatic rings. The summed E-state index contributed by atoms with van der Waals surface area (Å²) in [5.74, 6) is 0. The molecule has 0 spiro atoms. The Balaban J connectivity index is 2.51. The molecule has 0 unspecified atom stereocenters. The molecule has 2 aromatic rings. The number of thiophene rings is 1. The number of aliphatic hydroxyl groups is 1. The molecule has 1 N–H and O–H groups in total. The molecule has 0 radical (unpaired) electrons. The maximum Gasteiger partial charge on any atom is 0.265 e. The zero-order chi connectivity index (χ0) is 14.8. The SMILES string of the molecule is Cc1cc(S(=O)(=O)N(CCO)c2ccccc2)c(C)s1. The molecule has 0 saturated heterocycles. The number of hydrogen-bond donors (Lipinski definition) is 1. The molecule has 4 nitrogen and oxygen atoms in total. The molecule has 0 atom stereocenters. The van der Waals surface area contributed by atoms with Gasteiger partial charge in [-0.2, -0.15) is 0 Å². The minimum Gasteiger partial charge on any atom is -0.394 e. The zero-order valence-electron chi connectivity index (χ0n) is 11.4. The van der Waals surface area contributed by atoms with Gasteiger partial charge in [-0.05, 0) is 32.0 Å². The van der Waals surface area contributed by atoms with Gasteiger partial charge in [0.1, 0.15) is 4.90 Å². The number of nitrogens with zero attached hydrogens (tertiary/aromatic N) is 1. The number of aryl methyl sites for hydroxylation is 2. The second-order valence-corrected chi connectivity index (χ2v) is 7.70. The van der Waals surface area contributed by atoms with Gasteiger partial charge in [-0.25, -0.2) is 8.42 Å². The molecule has 0 amide bonds. The van der Waals surface area contributed by atoms with Crippen LogP contribution in [0.15, 0.2) is 41.3 Å². The monoisotopic (exact) mass is 311 g/mol. The Morgan fingerprint density at radius 3 is 2.35 bits per heavy atom. The topological polar surface area (TPSA) is 57.6 Å². The van der Waals surface area contributed by atoms with Gasteiger partial charge >= 0.3 is 0 Å². The number of anilines is 1. The molecule has 0 bridgehead atoms. The molecule has 108 valence electrons. The van der Waals surface area contributed by atoms with Crippen LogP contribution in [0.5, 0.6) is 0 Å². The number of hydrogen-bond acceptors (Lipinski definition) is 4. The van der Waals surface area contributed by atoms with E-state index in [1.165, 1.54) is 15.6 Å². The standard InChI is InChI=1S/C14H17NO3S2/c1-11-10-14(12(2)19-11)20(17,18)15(8-9-16)13-6-4-3-5-7-13/h3-7,10,16H,8-9H2,1-2H3. The third kappa shape index (κ3) is 2.87. The van der Waals surface area contributed by atoms with Crippen molar-refractivity contribution in [1.82, 2.24) is 0 Å². The Kier molecular flexibility index (Phi) is 4.47. The van der Waals surface area contributed by atoms with Gasteiger partial charge in [0.25, 0.3) is 10.0 Å². The summed E-state index contributed by atoms with van der Waals surface area (Å²) in [6, 6.07) is 10.5. The lowest BCUT2D eigenvalue weighted by Crippen LogP contribution is -2.33. The van der Waals surface area contributed by atoms with Crippen LogP contribution in [0, 0.1) is 13.8 Å². The number of rotatable bonds is 5. The first-order valence-electron chi connectivity index (χ1n) is 6.22. The van der Waals surface area contributed by atoms with E-state index < -0.39 is 10.0 Å². The third-order valence-electron chi connectivity index (χ3n) is 2.91. The molecule has 1 aromatic heterocycles. The van der Waals surface area contributed by atoms with Crippen LogP contribution in [-0.2, 0) is 10.0 Å². The van der Waals surface area contributed by atoms with E-state index in [0.717, 1.165) is 9.75 Å². The summed E-state index contributed by atoms with van der Waals surface area (Å²) in [4.78, 5) is 2.04. The van der Waals surface area contributed by atoms with Crippen LogP contribution in [0.4, 0.5) is 5.69 Å². The van der Waals surface area contributed by atoms with E-state index in [9.17, 15) is 13.5 Å². The molecule has 0 aliphatic heterocycles. The van der Waals surface area contributed by atoms with E-state index in [4.69, 9.17) is 0 Å². The van der Waals surface area contributed by atoms with Gasteiger partial charge in [-0.3, -0.25) is 4.31 Å². The van der Waals surface area contributed by atoms with Gasteiger partial charge < -0.3 is 5.11 Å². The molecule has 2 rings (SSSR count). The highest BCUT2D eigenvalue weighted by molar-refractivity contribution is 7.93. The van der Waals surface area contributed by atoms with Crippen LogP contribution in [0.3, 0.4) is 0 Å². The Hall–Kier alpha value is -1.37. The van der Waals surface area contributed by atoms with Crippen molar-refractivity contribution < 1.29 is 13.5 Å². The van der Waals surface area contributed by atoms with Crippen LogP contribution >= 0.6 is 11.3 Å². The normalized spacial score (nSPS) is 11.6. The van der Waals surface area contributed by atoms with E-state index >= 15 is 0 Å². The maximum absolute atomic E-state index is 12.8. The first kappa shape index (κ1) is 15.0. The van der Waals surface area contributed by atoms with Crippen LogP contribution in [0.2, 0.25) is 0 Å². The van der Waals surface area contributed by atoms with Gasteiger partial charge in [-0.15, -0.1) is 11.3 Å². The molecule has 1 aromatic carbocycles. The van der Waals surface area contributed by atoms with Gasteiger partial charge in [0.2, 0.25) is 0 Å². The fraction of sp³-hybridized carbons (Fsp3) is 0.286. The summed E-state index contributed by atoms with van der Waals surface area (Å²) in [7, 11) is -3.64. The van der Waals surface area contributed by atoms with Crippen LogP contribution in [0.25, 0.3) is 0 Å². The van der Waals surface area contributed by atoms with Crippen molar-refractivity contribution in [3.63, 3.8) is 0 Å². The molecule has 0 saturated carbocycles. The summed E-state index contributed by atoms with van der Waals surface area (Å²) >= 11 is 1.46. The van der Waals surface area contributed by atoms with Gasteiger partial charge in [0.15, 0.2) is 0 Å². The van der Waals surface area contributed by atoms with Crippen molar-refractivity contribution in [3.05, 3.63) is 46.2 Å². The van der Waals surface area contributed by atoms with Crippen molar-refractivity contribution in [2.45, 2.75) is 18.7 Å². The smallest absolute Gasteiger partial charge is 0.265 e. The predicted octanol–water partition coefficient (Wildman–Crippen LogP) is 2.55. The highest BCUT2D eigenvalue weighted by Crippen LogP contribution is 2.30. The van der Waals surface area contributed by atoms with E-state index in [1.807, 2.05) is 13.0 Å². The Morgan fingerprint density at radius 2 is 1.85 bits per heavy atom. The van der Waals surface area contributed by atoms with Crippen molar-refractivity contribution in [2.24, 2.45) is 0 Å². The average Bonchev–Trinajstić information content (AvgIpc) is 2.76. The highest BCUT2D eigenvalue weighted by Gasteiger charge is 2.27. The molecular formula is C14H17NO3S2. The Labute approximate surface area is 123 Å². The molecule has 0 fully saturated rings. The molecule has 0 aliphatic carbocycles. The Bertz CT molecular complexity index is 678. The molecule has 1 heterocycles. The van der Waals surface area contributed by atoms with Gasteiger partial charge in [-0.1, -0.05) is 18.2 Å². The van der Waals surface area contributed by atoms with E-state index in [1.54, 1.807) is 37.3 Å². The fourth-order valence-electron chi connectivity index (χ4n) is 2.06. The minimum atomic E-state index is -3.64. The second kappa shape index (κ2) is 5.95. The van der Waals surface area contributed by atoms with E-state index in [0.29, 0.717) is 10.6 Å². The largest absolute Gasteiger partial charge is 0.394 e. The maximum atomic E-state index is 12.8. The number of sulfonamides is 1. The molecular weight excluding hydrogens is 294 g/mol. The van der Waals surface area contributed by atoms with Crippen LogP contribution in [0.1, 0.15) is 9.75 Å². The molecule has 6 heteroatoms. The fourth-order valence-corrected chi connectivity index (χ4v) is 5.04. The average molecular weight is 311 g/mol. The zero-order valence-corrected chi connectivity index (χ0v) is 13.0. The van der Waals surface area contributed by atoms with Crippen molar-refractivity contribution >= 4 is 27.0 Å². The first-order valence-corrected chi connectivity index (χ1v) is 8.48. The summed E-state index contributed by atoms with van der Waals surface area (Å²) in [5.41, 5.74) is 0.560. The first-order chi connectivity index (χ1) is 9.46. The summed E-state index contributed by atoms with van der Waals surface area (Å²) < 4.78 is 26.8. The summed E-state index contributed by atoms with van der Waals surface area (Å²) in [6.45, 7) is 3.50. The lowest BCUT2D eigenvalue weighted by atomic mass is 10.3. The summed E-state index contributed by atoms with van der Waals surface area (Å²) in [6.07, 6.45) is 0. The van der Waals surface area contributed by atoms with Crippen molar-refractivity contribution in [3.8, 4) is 0 Å².